The van der Waals surface area contributed by atoms with E-state index in [1.807, 2.05) is 6.07 Å². The molecule has 0 amide bonds. The van der Waals surface area contributed by atoms with Crippen molar-refractivity contribution in [1.82, 2.24) is 29.6 Å². The third-order valence-corrected chi connectivity index (χ3v) is 7.74. The smallest absolute Gasteiger partial charge is 0.339 e. The van der Waals surface area contributed by atoms with Gasteiger partial charge in [-0.3, -0.25) is 9.62 Å². The first-order chi connectivity index (χ1) is 18.8. The average molecular weight is 557 g/mol. The van der Waals surface area contributed by atoms with E-state index in [1.165, 1.54) is 13.1 Å². The SMILES string of the molecule is CNS(=O)(=O)NC1=CC=CC(Cc2c(CN3CCNCC3)c3ccc(Oc4ncccn4)cc3oc2=O)C1F. The summed E-state index contributed by atoms with van der Waals surface area (Å²) in [6.45, 7) is 3.70. The number of fused-ring (bicyclic) bond motifs is 1. The highest BCUT2D eigenvalue weighted by Gasteiger charge is 2.30. The second-order valence-corrected chi connectivity index (χ2v) is 10.9. The summed E-state index contributed by atoms with van der Waals surface area (Å²) in [5, 5.41) is 4.03. The number of alkyl halides is 1. The molecule has 0 spiro atoms. The molecule has 2 unspecified atom stereocenters. The summed E-state index contributed by atoms with van der Waals surface area (Å²) in [5.74, 6) is -0.368. The second kappa shape index (κ2) is 11.6. The Kier molecular flexibility index (Phi) is 8.02. The monoisotopic (exact) mass is 556 g/mol. The number of hydrogen-bond acceptors (Lipinski definition) is 9. The highest BCUT2D eigenvalue weighted by atomic mass is 32.2. The zero-order valence-corrected chi connectivity index (χ0v) is 22.1. The van der Waals surface area contributed by atoms with E-state index < -0.39 is 27.9 Å². The van der Waals surface area contributed by atoms with Crippen LogP contribution in [-0.2, 0) is 23.2 Å². The molecule has 2 aromatic heterocycles. The van der Waals surface area contributed by atoms with E-state index in [0.29, 0.717) is 28.8 Å². The minimum atomic E-state index is -3.90. The zero-order valence-electron chi connectivity index (χ0n) is 21.3. The lowest BCUT2D eigenvalue weighted by Gasteiger charge is -2.29. The molecule has 5 rings (SSSR count). The van der Waals surface area contributed by atoms with Gasteiger partial charge in [-0.05, 0) is 36.3 Å². The van der Waals surface area contributed by atoms with E-state index in [9.17, 15) is 13.2 Å². The van der Waals surface area contributed by atoms with Crippen molar-refractivity contribution in [1.29, 1.82) is 0 Å². The summed E-state index contributed by atoms with van der Waals surface area (Å²) in [6.07, 6.45) is 6.08. The highest BCUT2D eigenvalue weighted by molar-refractivity contribution is 7.87. The van der Waals surface area contributed by atoms with Crippen LogP contribution in [0.15, 0.2) is 69.8 Å². The van der Waals surface area contributed by atoms with Crippen molar-refractivity contribution < 1.29 is 22.0 Å². The number of rotatable bonds is 9. The average Bonchev–Trinajstić information content (AvgIpc) is 2.93. The van der Waals surface area contributed by atoms with E-state index in [4.69, 9.17) is 9.15 Å². The molecule has 3 heterocycles. The fraction of sp³-hybridized carbons (Fsp3) is 0.346. The van der Waals surface area contributed by atoms with Crippen LogP contribution in [0.5, 0.6) is 11.8 Å². The van der Waals surface area contributed by atoms with Crippen molar-refractivity contribution in [3.05, 3.63) is 82.1 Å². The molecule has 0 radical (unpaired) electrons. The summed E-state index contributed by atoms with van der Waals surface area (Å²) in [7, 11) is -2.66. The molecule has 3 N–H and O–H groups in total. The maximum absolute atomic E-state index is 15.5. The number of hydrogen-bond donors (Lipinski definition) is 3. The van der Waals surface area contributed by atoms with E-state index in [2.05, 4.69) is 29.6 Å². The van der Waals surface area contributed by atoms with Gasteiger partial charge in [-0.2, -0.15) is 8.42 Å². The topological polar surface area (TPSA) is 139 Å². The van der Waals surface area contributed by atoms with Gasteiger partial charge in [0, 0.05) is 75.1 Å². The third-order valence-electron chi connectivity index (χ3n) is 6.70. The van der Waals surface area contributed by atoms with Crippen LogP contribution in [0.2, 0.25) is 0 Å². The Morgan fingerprint density at radius 1 is 1.21 bits per heavy atom. The van der Waals surface area contributed by atoms with Gasteiger partial charge in [0.1, 0.15) is 17.5 Å². The molecule has 11 nitrogen and oxygen atoms in total. The van der Waals surface area contributed by atoms with Crippen LogP contribution in [0, 0.1) is 5.92 Å². The van der Waals surface area contributed by atoms with Crippen LogP contribution in [0.3, 0.4) is 0 Å². The van der Waals surface area contributed by atoms with Gasteiger partial charge in [0.2, 0.25) is 0 Å². The Hall–Kier alpha value is -3.65. The summed E-state index contributed by atoms with van der Waals surface area (Å²) >= 11 is 0. The molecular formula is C26H29FN6O5S. The van der Waals surface area contributed by atoms with Gasteiger partial charge in [-0.25, -0.2) is 23.9 Å². The van der Waals surface area contributed by atoms with Gasteiger partial charge >= 0.3 is 11.6 Å². The molecule has 2 aliphatic rings. The van der Waals surface area contributed by atoms with Crippen LogP contribution in [0.4, 0.5) is 4.39 Å². The van der Waals surface area contributed by atoms with Crippen LogP contribution in [-0.4, -0.2) is 62.7 Å². The number of ether oxygens (including phenoxy) is 1. The van der Waals surface area contributed by atoms with Crippen molar-refractivity contribution in [3.8, 4) is 11.8 Å². The number of piperazine rings is 1. The number of halogens is 1. The molecular weight excluding hydrogens is 527 g/mol. The maximum Gasteiger partial charge on any atom is 0.339 e. The Balaban J connectivity index is 1.49. The summed E-state index contributed by atoms with van der Waals surface area (Å²) < 4.78 is 55.2. The summed E-state index contributed by atoms with van der Waals surface area (Å²) in [4.78, 5) is 23.7. The van der Waals surface area contributed by atoms with Crippen molar-refractivity contribution in [2.75, 3.05) is 33.2 Å². The minimum absolute atomic E-state index is 0.0338. The largest absolute Gasteiger partial charge is 0.424 e. The summed E-state index contributed by atoms with van der Waals surface area (Å²) in [5.41, 5.74) is 0.763. The zero-order chi connectivity index (χ0) is 27.4. The van der Waals surface area contributed by atoms with Crippen molar-refractivity contribution >= 4 is 21.2 Å². The van der Waals surface area contributed by atoms with Crippen LogP contribution in [0.1, 0.15) is 11.1 Å². The molecule has 1 saturated heterocycles. The first kappa shape index (κ1) is 26.9. The lowest BCUT2D eigenvalue weighted by atomic mass is 9.88. The summed E-state index contributed by atoms with van der Waals surface area (Å²) in [6, 6.07) is 7.01. The van der Waals surface area contributed by atoms with Gasteiger partial charge in [-0.1, -0.05) is 12.2 Å². The Morgan fingerprint density at radius 2 is 1.97 bits per heavy atom. The fourth-order valence-electron chi connectivity index (χ4n) is 4.70. The quantitative estimate of drug-likeness (QED) is 0.337. The van der Waals surface area contributed by atoms with Crippen LogP contribution >= 0.6 is 0 Å². The lowest BCUT2D eigenvalue weighted by molar-refractivity contribution is 0.232. The first-order valence-electron chi connectivity index (χ1n) is 12.5. The second-order valence-electron chi connectivity index (χ2n) is 9.25. The fourth-order valence-corrected chi connectivity index (χ4v) is 5.29. The Morgan fingerprint density at radius 3 is 2.72 bits per heavy atom. The minimum Gasteiger partial charge on any atom is -0.424 e. The molecule has 1 aromatic carbocycles. The Labute approximate surface area is 225 Å². The predicted octanol–water partition coefficient (Wildman–Crippen LogP) is 1.78. The van der Waals surface area contributed by atoms with Gasteiger partial charge in [0.05, 0.1) is 5.70 Å². The number of nitrogens with one attached hydrogen (secondary N) is 3. The predicted molar refractivity (Wildman–Crippen MR) is 143 cm³/mol. The van der Waals surface area contributed by atoms with Crippen molar-refractivity contribution in [2.45, 2.75) is 19.1 Å². The maximum atomic E-state index is 15.5. The van der Waals surface area contributed by atoms with E-state index in [0.717, 1.165) is 31.7 Å². The molecule has 0 saturated carbocycles. The number of nitrogens with zero attached hydrogens (tertiary/aromatic N) is 3. The van der Waals surface area contributed by atoms with Gasteiger partial charge in [-0.15, -0.1) is 0 Å². The molecule has 2 atom stereocenters. The Bertz CT molecular complexity index is 1550. The number of benzene rings is 1. The lowest BCUT2D eigenvalue weighted by Crippen LogP contribution is -2.43. The molecule has 1 aliphatic heterocycles. The first-order valence-corrected chi connectivity index (χ1v) is 14.0. The number of aromatic nitrogens is 2. The van der Waals surface area contributed by atoms with Crippen LogP contribution in [0.25, 0.3) is 11.0 Å². The van der Waals surface area contributed by atoms with Crippen molar-refractivity contribution in [2.24, 2.45) is 5.92 Å². The van der Waals surface area contributed by atoms with E-state index in [-0.39, 0.29) is 18.1 Å². The molecule has 1 aliphatic carbocycles. The molecule has 1 fully saturated rings. The molecule has 0 bridgehead atoms. The van der Waals surface area contributed by atoms with Crippen molar-refractivity contribution in [3.63, 3.8) is 0 Å². The molecule has 3 aromatic rings. The highest BCUT2D eigenvalue weighted by Crippen LogP contribution is 2.31. The van der Waals surface area contributed by atoms with E-state index in [1.54, 1.807) is 42.7 Å². The molecule has 13 heteroatoms. The number of allylic oxidation sites excluding steroid dienone is 4. The molecule has 39 heavy (non-hydrogen) atoms. The van der Waals surface area contributed by atoms with Gasteiger partial charge in [0.25, 0.3) is 10.2 Å². The van der Waals surface area contributed by atoms with Gasteiger partial charge in [0.15, 0.2) is 0 Å². The standard InChI is InChI=1S/C26H29FN6O5S/c1-28-39(35,36)32-22-5-2-4-17(24(22)27)14-20-21(16-33-12-10-29-11-13-33)19-7-6-18(15-23(19)38-25(20)34)37-26-30-8-3-9-31-26/h2-9,15,17,24,28-29,32H,10-14,16H2,1H3. The van der Waals surface area contributed by atoms with E-state index >= 15 is 4.39 Å². The normalized spacial score (nSPS) is 20.1. The third kappa shape index (κ3) is 6.33. The molecule has 206 valence electrons. The van der Waals surface area contributed by atoms with Crippen LogP contribution < -0.4 is 25.1 Å². The van der Waals surface area contributed by atoms with Gasteiger partial charge < -0.3 is 14.5 Å².